The Morgan fingerprint density at radius 2 is 1.96 bits per heavy atom. The third kappa shape index (κ3) is 4.61. The number of aromatic nitrogens is 2. The van der Waals surface area contributed by atoms with E-state index in [-0.39, 0.29) is 17.2 Å². The molecule has 0 bridgehead atoms. The van der Waals surface area contributed by atoms with E-state index in [0.29, 0.717) is 15.7 Å². The summed E-state index contributed by atoms with van der Waals surface area (Å²) in [5, 5.41) is 7.32. The van der Waals surface area contributed by atoms with E-state index >= 15 is 0 Å². The van der Waals surface area contributed by atoms with Crippen LogP contribution in [0.15, 0.2) is 64.4 Å². The number of para-hydroxylation sites is 1. The van der Waals surface area contributed by atoms with E-state index in [1.54, 1.807) is 43.3 Å². The maximum atomic E-state index is 13.7. The number of anilines is 1. The van der Waals surface area contributed by atoms with Crippen LogP contribution in [0.1, 0.15) is 12.5 Å². The molecular formula is C20H17ClFN3O2S. The lowest BCUT2D eigenvalue weighted by Crippen LogP contribution is -2.24. The van der Waals surface area contributed by atoms with Crippen LogP contribution in [-0.2, 0) is 4.79 Å². The number of halogens is 2. The number of rotatable bonds is 5. The zero-order valence-corrected chi connectivity index (χ0v) is 16.7. The van der Waals surface area contributed by atoms with Gasteiger partial charge in [-0.15, -0.1) is 0 Å². The molecule has 0 radical (unpaired) electrons. The number of carbonyl (C=O) groups is 1. The predicted molar refractivity (Wildman–Crippen MR) is 110 cm³/mol. The molecule has 3 rings (SSSR count). The Morgan fingerprint density at radius 3 is 2.68 bits per heavy atom. The molecule has 1 aromatic heterocycles. The monoisotopic (exact) mass is 417 g/mol. The number of thioether (sulfide) groups is 1. The molecule has 2 aromatic carbocycles. The van der Waals surface area contributed by atoms with Crippen LogP contribution in [0.3, 0.4) is 0 Å². The molecule has 1 N–H and O–H groups in total. The molecule has 0 fully saturated rings. The number of nitrogens with one attached hydrogen (secondary N) is 1. The van der Waals surface area contributed by atoms with Crippen molar-refractivity contribution in [3.63, 3.8) is 0 Å². The van der Waals surface area contributed by atoms with E-state index in [4.69, 9.17) is 11.6 Å². The largest absolute Gasteiger partial charge is 0.323 e. The predicted octanol–water partition coefficient (Wildman–Crippen LogP) is 4.45. The summed E-state index contributed by atoms with van der Waals surface area (Å²) in [4.78, 5) is 24.6. The molecule has 144 valence electrons. The summed E-state index contributed by atoms with van der Waals surface area (Å²) in [5.41, 5.74) is 1.23. The van der Waals surface area contributed by atoms with Crippen molar-refractivity contribution in [2.45, 2.75) is 24.1 Å². The van der Waals surface area contributed by atoms with E-state index in [2.05, 4.69) is 10.4 Å². The molecule has 0 saturated heterocycles. The molecule has 1 atom stereocenters. The number of benzene rings is 2. The van der Waals surface area contributed by atoms with Crippen LogP contribution >= 0.6 is 23.4 Å². The molecule has 0 unspecified atom stereocenters. The molecular weight excluding hydrogens is 401 g/mol. The van der Waals surface area contributed by atoms with E-state index < -0.39 is 11.1 Å². The summed E-state index contributed by atoms with van der Waals surface area (Å²) in [5.74, 6) is -0.871. The second kappa shape index (κ2) is 8.58. The van der Waals surface area contributed by atoms with Gasteiger partial charge in [0.2, 0.25) is 5.91 Å². The molecule has 1 amide bonds. The number of hydrogen-bond donors (Lipinski definition) is 1. The highest BCUT2D eigenvalue weighted by molar-refractivity contribution is 8.00. The van der Waals surface area contributed by atoms with Crippen molar-refractivity contribution >= 4 is 35.0 Å². The summed E-state index contributed by atoms with van der Waals surface area (Å²) in [6.07, 6.45) is 0. The van der Waals surface area contributed by atoms with Gasteiger partial charge in [-0.05, 0) is 49.7 Å². The standard InChI is InChI=1S/C20H17ClFN3O2S/c1-12-7-8-14(11-15(12)21)25-19(26)10-9-18(24-25)28-13(2)20(27)23-17-6-4-3-5-16(17)22/h3-11,13H,1-2H3,(H,23,27)/t13-/m1/s1. The highest BCUT2D eigenvalue weighted by Crippen LogP contribution is 2.23. The fraction of sp³-hybridized carbons (Fsp3) is 0.150. The Balaban J connectivity index is 1.79. The minimum Gasteiger partial charge on any atom is -0.323 e. The van der Waals surface area contributed by atoms with Gasteiger partial charge in [0.15, 0.2) is 0 Å². The number of hydrogen-bond acceptors (Lipinski definition) is 4. The second-order valence-electron chi connectivity index (χ2n) is 6.08. The molecule has 0 aliphatic heterocycles. The van der Waals surface area contributed by atoms with Gasteiger partial charge in [-0.3, -0.25) is 9.59 Å². The van der Waals surface area contributed by atoms with Crippen LogP contribution in [0.4, 0.5) is 10.1 Å². The summed E-state index contributed by atoms with van der Waals surface area (Å²) < 4.78 is 14.9. The zero-order chi connectivity index (χ0) is 20.3. The highest BCUT2D eigenvalue weighted by Gasteiger charge is 2.17. The lowest BCUT2D eigenvalue weighted by Gasteiger charge is -2.13. The number of nitrogens with zero attached hydrogens (tertiary/aromatic N) is 2. The highest BCUT2D eigenvalue weighted by atomic mass is 35.5. The maximum absolute atomic E-state index is 13.7. The molecule has 28 heavy (non-hydrogen) atoms. The van der Waals surface area contributed by atoms with Gasteiger partial charge < -0.3 is 5.32 Å². The first-order valence-corrected chi connectivity index (χ1v) is 9.70. The number of amides is 1. The van der Waals surface area contributed by atoms with Gasteiger partial charge in [-0.1, -0.05) is 41.6 Å². The maximum Gasteiger partial charge on any atom is 0.271 e. The first-order valence-electron chi connectivity index (χ1n) is 8.44. The number of carbonyl (C=O) groups excluding carboxylic acids is 1. The van der Waals surface area contributed by atoms with Gasteiger partial charge in [-0.2, -0.15) is 9.78 Å². The van der Waals surface area contributed by atoms with Crippen molar-refractivity contribution in [1.29, 1.82) is 0 Å². The number of aryl methyl sites for hydroxylation is 1. The summed E-state index contributed by atoms with van der Waals surface area (Å²) in [6.45, 7) is 3.55. The third-order valence-electron chi connectivity index (χ3n) is 3.97. The van der Waals surface area contributed by atoms with Crippen LogP contribution in [0, 0.1) is 12.7 Å². The van der Waals surface area contributed by atoms with Crippen LogP contribution in [0.25, 0.3) is 5.69 Å². The summed E-state index contributed by atoms with van der Waals surface area (Å²) in [7, 11) is 0. The second-order valence-corrected chi connectivity index (χ2v) is 7.85. The van der Waals surface area contributed by atoms with Gasteiger partial charge in [0.05, 0.1) is 16.6 Å². The lowest BCUT2D eigenvalue weighted by atomic mass is 10.2. The average molecular weight is 418 g/mol. The Morgan fingerprint density at radius 1 is 1.21 bits per heavy atom. The Hall–Kier alpha value is -2.64. The summed E-state index contributed by atoms with van der Waals surface area (Å²) >= 11 is 7.30. The van der Waals surface area contributed by atoms with Gasteiger partial charge in [0.25, 0.3) is 5.56 Å². The van der Waals surface area contributed by atoms with E-state index in [9.17, 15) is 14.0 Å². The van der Waals surface area contributed by atoms with Gasteiger partial charge in [0, 0.05) is 11.1 Å². The summed E-state index contributed by atoms with van der Waals surface area (Å²) in [6, 6.07) is 14.1. The molecule has 5 nitrogen and oxygen atoms in total. The minimum absolute atomic E-state index is 0.118. The quantitative estimate of drug-likeness (QED) is 0.623. The molecule has 3 aromatic rings. The third-order valence-corrected chi connectivity index (χ3v) is 5.41. The first kappa shape index (κ1) is 20.1. The minimum atomic E-state index is -0.556. The van der Waals surface area contributed by atoms with Gasteiger partial charge >= 0.3 is 0 Å². The van der Waals surface area contributed by atoms with Crippen molar-refractivity contribution in [3.8, 4) is 5.69 Å². The molecule has 0 spiro atoms. The smallest absolute Gasteiger partial charge is 0.271 e. The van der Waals surface area contributed by atoms with Crippen molar-refractivity contribution < 1.29 is 9.18 Å². The fourth-order valence-electron chi connectivity index (χ4n) is 2.39. The SMILES string of the molecule is Cc1ccc(-n2nc(S[C@H](C)C(=O)Nc3ccccc3F)ccc2=O)cc1Cl. The van der Waals surface area contributed by atoms with E-state index in [1.807, 2.05) is 6.92 Å². The average Bonchev–Trinajstić information content (AvgIpc) is 2.67. The molecule has 0 aliphatic rings. The van der Waals surface area contributed by atoms with E-state index in [1.165, 1.54) is 22.9 Å². The Kier molecular flexibility index (Phi) is 6.16. The lowest BCUT2D eigenvalue weighted by molar-refractivity contribution is -0.115. The topological polar surface area (TPSA) is 64.0 Å². The van der Waals surface area contributed by atoms with Gasteiger partial charge in [0.1, 0.15) is 10.8 Å². The van der Waals surface area contributed by atoms with Crippen LogP contribution < -0.4 is 10.9 Å². The first-order chi connectivity index (χ1) is 13.3. The van der Waals surface area contributed by atoms with Crippen molar-refractivity contribution in [3.05, 3.63) is 81.4 Å². The normalized spacial score (nSPS) is 11.9. The molecule has 8 heteroatoms. The van der Waals surface area contributed by atoms with Gasteiger partial charge in [-0.25, -0.2) is 4.39 Å². The Labute approximate surface area is 170 Å². The van der Waals surface area contributed by atoms with Crippen LogP contribution in [0.5, 0.6) is 0 Å². The molecule has 0 saturated carbocycles. The zero-order valence-electron chi connectivity index (χ0n) is 15.1. The Bertz CT molecular complexity index is 1090. The van der Waals surface area contributed by atoms with Crippen molar-refractivity contribution in [2.75, 3.05) is 5.32 Å². The molecule has 0 aliphatic carbocycles. The fourth-order valence-corrected chi connectivity index (χ4v) is 3.37. The van der Waals surface area contributed by atoms with Crippen LogP contribution in [0.2, 0.25) is 5.02 Å². The van der Waals surface area contributed by atoms with E-state index in [0.717, 1.165) is 17.3 Å². The van der Waals surface area contributed by atoms with Crippen LogP contribution in [-0.4, -0.2) is 20.9 Å². The molecule has 1 heterocycles. The van der Waals surface area contributed by atoms with Crippen molar-refractivity contribution in [2.24, 2.45) is 0 Å². The van der Waals surface area contributed by atoms with Crippen molar-refractivity contribution in [1.82, 2.24) is 9.78 Å².